The summed E-state index contributed by atoms with van der Waals surface area (Å²) >= 11 is 0. The Kier molecular flexibility index (Phi) is 8.38. The number of carboxylic acid groups (broad SMARTS) is 1. The number of carbonyl (C=O) groups is 1. The quantitative estimate of drug-likeness (QED) is 0.233. The molecule has 0 saturated carbocycles. The topological polar surface area (TPSA) is 221 Å². The van der Waals surface area contributed by atoms with Crippen molar-refractivity contribution in [3.05, 3.63) is 68.8 Å². The molecule has 0 aromatic heterocycles. The summed E-state index contributed by atoms with van der Waals surface area (Å²) in [6.07, 6.45) is -0.0483. The molecular weight excluding hydrogens is 496 g/mol. The third-order valence-corrected chi connectivity index (χ3v) is 9.01. The van der Waals surface area contributed by atoms with Gasteiger partial charge in [0.2, 0.25) is 0 Å². The van der Waals surface area contributed by atoms with Crippen LogP contribution in [-0.2, 0) is 24.8 Å². The molecule has 0 saturated heterocycles. The summed E-state index contributed by atoms with van der Waals surface area (Å²) in [6, 6.07) is 4.36. The summed E-state index contributed by atoms with van der Waals surface area (Å²) in [5.41, 5.74) is 4.45. The van der Waals surface area contributed by atoms with E-state index in [1.165, 1.54) is 0 Å². The molecule has 3 N–H and O–H groups in total. The van der Waals surface area contributed by atoms with Gasteiger partial charge in [-0.1, -0.05) is 3.71 Å². The average molecular weight is 517 g/mol. The second-order valence-electron chi connectivity index (χ2n) is 6.88. The van der Waals surface area contributed by atoms with Gasteiger partial charge in [-0.3, -0.25) is 25.0 Å². The summed E-state index contributed by atoms with van der Waals surface area (Å²) in [4.78, 5) is 30.8. The van der Waals surface area contributed by atoms with Crippen molar-refractivity contribution in [2.75, 3.05) is 6.54 Å². The Morgan fingerprint density at radius 2 is 1.24 bits per heavy atom. The number of nitrogens with two attached hydrogens (primary N) is 1. The van der Waals surface area contributed by atoms with Gasteiger partial charge in [-0.15, -0.1) is 0 Å². The summed E-state index contributed by atoms with van der Waals surface area (Å²) in [6.45, 7) is 0.149. The van der Waals surface area contributed by atoms with Gasteiger partial charge < -0.3 is 10.8 Å². The van der Waals surface area contributed by atoms with Crippen molar-refractivity contribution >= 4 is 37.4 Å². The monoisotopic (exact) mass is 516 g/mol. The Morgan fingerprint density at radius 1 is 0.853 bits per heavy atom. The first-order valence-corrected chi connectivity index (χ1v) is 12.4. The Morgan fingerprint density at radius 3 is 1.53 bits per heavy atom. The minimum Gasteiger partial charge on any atom is -0.480 e. The molecule has 0 heterocycles. The predicted octanol–water partition coefficient (Wildman–Crippen LogP) is 1.46. The minimum atomic E-state index is -5.08. The van der Waals surface area contributed by atoms with Crippen molar-refractivity contribution < 1.29 is 36.6 Å². The van der Waals surface area contributed by atoms with Crippen LogP contribution in [0.4, 0.5) is 11.4 Å². The van der Waals surface area contributed by atoms with Crippen LogP contribution in [-0.4, -0.2) is 54.1 Å². The molecule has 0 spiro atoms. The zero-order valence-electron chi connectivity index (χ0n) is 17.4. The summed E-state index contributed by atoms with van der Waals surface area (Å²) < 4.78 is 53.3. The first kappa shape index (κ1) is 26.8. The lowest BCUT2D eigenvalue weighted by Crippen LogP contribution is -2.48. The predicted molar refractivity (Wildman–Crippen MR) is 117 cm³/mol. The van der Waals surface area contributed by atoms with Crippen molar-refractivity contribution in [2.24, 2.45) is 5.73 Å². The van der Waals surface area contributed by atoms with Crippen LogP contribution in [0, 0.1) is 20.2 Å². The normalized spacial score (nSPS) is 12.9. The highest BCUT2D eigenvalue weighted by Crippen LogP contribution is 2.30. The van der Waals surface area contributed by atoms with E-state index in [9.17, 15) is 47.0 Å². The standard InChI is InChI=1S/C18H20N4O10S2/c19-12-2-1-3-17(18(23)24)22(33(29,30)15-8-4-13(5-9-15)20(25)26)34(31,32)16-10-6-14(7-11-16)21(27)28/h4-11,17H,1-3,12,19H2,(H,23,24)/t17-/m0/s1. The molecule has 0 radical (unpaired) electrons. The highest BCUT2D eigenvalue weighted by molar-refractivity contribution is 8.04. The van der Waals surface area contributed by atoms with Crippen molar-refractivity contribution in [2.45, 2.75) is 35.1 Å². The second-order valence-corrected chi connectivity index (χ2v) is 10.7. The smallest absolute Gasteiger partial charge is 0.323 e. The molecule has 0 aliphatic heterocycles. The van der Waals surface area contributed by atoms with Crippen LogP contribution in [0.1, 0.15) is 19.3 Å². The van der Waals surface area contributed by atoms with Gasteiger partial charge >= 0.3 is 5.97 Å². The summed E-state index contributed by atoms with van der Waals surface area (Å²) in [7, 11) is -10.2. The highest BCUT2D eigenvalue weighted by atomic mass is 32.3. The summed E-state index contributed by atoms with van der Waals surface area (Å²) in [5, 5.41) is 31.5. The number of unbranched alkanes of at least 4 members (excludes halogenated alkanes) is 1. The molecular formula is C18H20N4O10S2. The number of carboxylic acids is 1. The van der Waals surface area contributed by atoms with Crippen LogP contribution in [0.5, 0.6) is 0 Å². The van der Waals surface area contributed by atoms with E-state index < -0.39 is 69.5 Å². The molecule has 16 heteroatoms. The minimum absolute atomic E-state index is 0.0789. The number of rotatable bonds is 12. The first-order valence-electron chi connectivity index (χ1n) is 9.55. The molecule has 2 aromatic rings. The number of hydrogen-bond donors (Lipinski definition) is 2. The van der Waals surface area contributed by atoms with E-state index in [2.05, 4.69) is 0 Å². The second kappa shape index (κ2) is 10.6. The molecule has 34 heavy (non-hydrogen) atoms. The van der Waals surface area contributed by atoms with Crippen LogP contribution in [0.3, 0.4) is 0 Å². The Hall–Kier alpha value is -3.47. The van der Waals surface area contributed by atoms with Crippen LogP contribution >= 0.6 is 0 Å². The van der Waals surface area contributed by atoms with E-state index in [1.807, 2.05) is 0 Å². The molecule has 1 atom stereocenters. The SMILES string of the molecule is NCCCC[C@@H](C(=O)O)N(S(=O)(=O)c1ccc([N+](=O)[O-])cc1)S(=O)(=O)c1ccc([N+](=O)[O-])cc1. The molecule has 2 aromatic carbocycles. The lowest BCUT2D eigenvalue weighted by atomic mass is 10.1. The van der Waals surface area contributed by atoms with Crippen molar-refractivity contribution in [1.82, 2.24) is 3.71 Å². The van der Waals surface area contributed by atoms with Gasteiger partial charge in [-0.25, -0.2) is 16.8 Å². The lowest BCUT2D eigenvalue weighted by Gasteiger charge is -2.27. The fraction of sp³-hybridized carbons (Fsp3) is 0.278. The molecule has 0 fully saturated rings. The molecule has 184 valence electrons. The maximum Gasteiger partial charge on any atom is 0.323 e. The number of benzene rings is 2. The number of hydrogen-bond acceptors (Lipinski definition) is 10. The maximum absolute atomic E-state index is 13.4. The van der Waals surface area contributed by atoms with Gasteiger partial charge in [0, 0.05) is 24.3 Å². The van der Waals surface area contributed by atoms with E-state index in [1.54, 1.807) is 0 Å². The maximum atomic E-state index is 13.4. The molecule has 2 rings (SSSR count). The third-order valence-electron chi connectivity index (χ3n) is 4.64. The van der Waals surface area contributed by atoms with Gasteiger partial charge in [0.1, 0.15) is 6.04 Å². The van der Waals surface area contributed by atoms with E-state index in [4.69, 9.17) is 5.73 Å². The van der Waals surface area contributed by atoms with Crippen LogP contribution in [0.25, 0.3) is 0 Å². The number of nitro benzene ring substituents is 2. The Bertz CT molecular complexity index is 1190. The molecule has 14 nitrogen and oxygen atoms in total. The van der Waals surface area contributed by atoms with Gasteiger partial charge in [0.05, 0.1) is 19.6 Å². The van der Waals surface area contributed by atoms with Gasteiger partial charge in [0.15, 0.2) is 0 Å². The number of non-ortho nitro benzene ring substituents is 2. The number of aliphatic carboxylic acids is 1. The van der Waals surface area contributed by atoms with Crippen molar-refractivity contribution in [1.29, 1.82) is 0 Å². The van der Waals surface area contributed by atoms with Crippen molar-refractivity contribution in [3.63, 3.8) is 0 Å². The largest absolute Gasteiger partial charge is 0.480 e. The van der Waals surface area contributed by atoms with Crippen LogP contribution in [0.15, 0.2) is 58.3 Å². The lowest BCUT2D eigenvalue weighted by molar-refractivity contribution is -0.385. The van der Waals surface area contributed by atoms with E-state index in [0.29, 0.717) is 0 Å². The van der Waals surface area contributed by atoms with E-state index in [0.717, 1.165) is 48.5 Å². The zero-order chi connectivity index (χ0) is 25.7. The fourth-order valence-electron chi connectivity index (χ4n) is 2.95. The molecule has 0 unspecified atom stereocenters. The van der Waals surface area contributed by atoms with Crippen LogP contribution < -0.4 is 5.73 Å². The first-order chi connectivity index (χ1) is 15.8. The number of nitro groups is 2. The van der Waals surface area contributed by atoms with Crippen molar-refractivity contribution in [3.8, 4) is 0 Å². The van der Waals surface area contributed by atoms with E-state index in [-0.39, 0.29) is 23.1 Å². The Labute approximate surface area is 194 Å². The molecule has 0 amide bonds. The number of sulfonamides is 2. The fourth-order valence-corrected chi connectivity index (χ4v) is 6.94. The third kappa shape index (κ3) is 5.71. The zero-order valence-corrected chi connectivity index (χ0v) is 19.0. The summed E-state index contributed by atoms with van der Waals surface area (Å²) in [5.74, 6) is -1.76. The van der Waals surface area contributed by atoms with Crippen LogP contribution in [0.2, 0.25) is 0 Å². The number of nitrogens with zero attached hydrogens (tertiary/aromatic N) is 3. The van der Waals surface area contributed by atoms with E-state index >= 15 is 0 Å². The van der Waals surface area contributed by atoms with Gasteiger partial charge in [0.25, 0.3) is 31.4 Å². The average Bonchev–Trinajstić information content (AvgIpc) is 2.78. The molecule has 0 bridgehead atoms. The highest BCUT2D eigenvalue weighted by Gasteiger charge is 2.45. The van der Waals surface area contributed by atoms with Gasteiger partial charge in [-0.2, -0.15) is 0 Å². The molecule has 0 aliphatic carbocycles. The Balaban J connectivity index is 2.70. The van der Waals surface area contributed by atoms with Gasteiger partial charge in [-0.05, 0) is 50.1 Å². The molecule has 0 aliphatic rings.